The van der Waals surface area contributed by atoms with E-state index in [1.165, 1.54) is 10.7 Å². The average molecular weight is 563 g/mol. The van der Waals surface area contributed by atoms with Gasteiger partial charge in [0.1, 0.15) is 0 Å². The van der Waals surface area contributed by atoms with Gasteiger partial charge in [0.25, 0.3) is 0 Å². The second-order valence-corrected chi connectivity index (χ2v) is 21.3. The van der Waals surface area contributed by atoms with Crippen molar-refractivity contribution in [2.24, 2.45) is 0 Å². The first-order valence-electron chi connectivity index (χ1n) is 11.1. The van der Waals surface area contributed by atoms with Gasteiger partial charge in [-0.25, -0.2) is 0 Å². The number of aryl methyl sites for hydroxylation is 1. The summed E-state index contributed by atoms with van der Waals surface area (Å²) in [6.45, 7) is 2.10. The minimum atomic E-state index is -3.77. The van der Waals surface area contributed by atoms with Gasteiger partial charge in [-0.15, -0.1) is 0 Å². The molecular formula is C28H28O3SSn. The first kappa shape index (κ1) is 23.7. The van der Waals surface area contributed by atoms with Crippen molar-refractivity contribution in [2.75, 3.05) is 6.61 Å². The molecule has 0 aromatic heterocycles. The van der Waals surface area contributed by atoms with Gasteiger partial charge < -0.3 is 0 Å². The number of rotatable bonds is 9. The fourth-order valence-corrected chi connectivity index (χ4v) is 19.1. The van der Waals surface area contributed by atoms with Crippen LogP contribution in [-0.4, -0.2) is 33.4 Å². The summed E-state index contributed by atoms with van der Waals surface area (Å²) < 4.78 is 35.9. The van der Waals surface area contributed by atoms with Gasteiger partial charge in [0.05, 0.1) is 0 Å². The molecule has 0 aliphatic carbocycles. The molecule has 5 heteroatoms. The third-order valence-electron chi connectivity index (χ3n) is 6.04. The van der Waals surface area contributed by atoms with Crippen LogP contribution < -0.4 is 10.7 Å². The summed E-state index contributed by atoms with van der Waals surface area (Å²) in [5.74, 6) is 0. The monoisotopic (exact) mass is 564 g/mol. The van der Waals surface area contributed by atoms with Crippen molar-refractivity contribution in [3.8, 4) is 0 Å². The molecule has 0 amide bonds. The van der Waals surface area contributed by atoms with Crippen LogP contribution in [0.2, 0.25) is 4.44 Å². The number of hydrogen-bond acceptors (Lipinski definition) is 3. The Morgan fingerprint density at radius 2 is 1.06 bits per heavy atom. The molecule has 0 atom stereocenters. The molecule has 0 saturated heterocycles. The summed E-state index contributed by atoms with van der Waals surface area (Å²) in [4.78, 5) is 0.206. The second-order valence-electron chi connectivity index (χ2n) is 8.20. The summed E-state index contributed by atoms with van der Waals surface area (Å²) in [5, 5.41) is 0. The van der Waals surface area contributed by atoms with E-state index in [-0.39, 0.29) is 11.5 Å². The van der Waals surface area contributed by atoms with Gasteiger partial charge >= 0.3 is 202 Å². The topological polar surface area (TPSA) is 43.4 Å². The van der Waals surface area contributed by atoms with E-state index < -0.39 is 28.5 Å². The third kappa shape index (κ3) is 5.40. The van der Waals surface area contributed by atoms with E-state index in [0.717, 1.165) is 10.0 Å². The Morgan fingerprint density at radius 1 is 0.636 bits per heavy atom. The Labute approximate surface area is 201 Å². The van der Waals surface area contributed by atoms with Crippen LogP contribution in [0, 0.1) is 6.92 Å². The summed E-state index contributed by atoms with van der Waals surface area (Å²) in [7, 11) is -3.77. The predicted octanol–water partition coefficient (Wildman–Crippen LogP) is 4.26. The number of hydrogen-bond donors (Lipinski definition) is 0. The van der Waals surface area contributed by atoms with Gasteiger partial charge in [-0.3, -0.25) is 0 Å². The van der Waals surface area contributed by atoms with Gasteiger partial charge in [-0.2, -0.15) is 0 Å². The van der Waals surface area contributed by atoms with Crippen molar-refractivity contribution in [1.82, 2.24) is 0 Å². The standard InChI is InChI=1S/C10H13O3S.3C6H5.Sn/c1-3-8-13-14(11,12)10-6-4-9(2)5-7-10;3*1-2-4-6-5-3-1;/h4-7H,1,3,8H2,2H3;3*1-5H;. The van der Waals surface area contributed by atoms with E-state index in [0.29, 0.717) is 6.42 Å². The molecule has 168 valence electrons. The quantitative estimate of drug-likeness (QED) is 0.174. The van der Waals surface area contributed by atoms with Gasteiger partial charge in [0.15, 0.2) is 0 Å². The van der Waals surface area contributed by atoms with Crippen molar-refractivity contribution in [3.05, 3.63) is 121 Å². The van der Waals surface area contributed by atoms with Crippen LogP contribution in [-0.2, 0) is 14.3 Å². The van der Waals surface area contributed by atoms with Crippen molar-refractivity contribution in [3.63, 3.8) is 0 Å². The summed E-state index contributed by atoms with van der Waals surface area (Å²) >= 11 is -3.39. The van der Waals surface area contributed by atoms with E-state index in [2.05, 4.69) is 72.8 Å². The van der Waals surface area contributed by atoms with Crippen LogP contribution in [0.15, 0.2) is 120 Å². The molecule has 0 N–H and O–H groups in total. The van der Waals surface area contributed by atoms with Gasteiger partial charge in [-0.05, 0) is 0 Å². The Morgan fingerprint density at radius 3 is 1.48 bits per heavy atom. The van der Waals surface area contributed by atoms with E-state index in [1.807, 2.05) is 25.1 Å². The summed E-state index contributed by atoms with van der Waals surface area (Å²) in [6, 6.07) is 39.0. The molecule has 33 heavy (non-hydrogen) atoms. The zero-order chi connectivity index (χ0) is 23.2. The fourth-order valence-electron chi connectivity index (χ4n) is 4.38. The molecule has 3 nitrogen and oxygen atoms in total. The van der Waals surface area contributed by atoms with Crippen LogP contribution >= 0.6 is 0 Å². The fraction of sp³-hybridized carbons (Fsp3) is 0.143. The molecule has 0 aliphatic rings. The molecule has 0 fully saturated rings. The van der Waals surface area contributed by atoms with E-state index in [1.54, 1.807) is 24.3 Å². The van der Waals surface area contributed by atoms with Crippen molar-refractivity contribution in [1.29, 1.82) is 0 Å². The molecule has 0 radical (unpaired) electrons. The Hall–Kier alpha value is -2.41. The minimum absolute atomic E-state index is 0.168. The number of benzene rings is 4. The Bertz CT molecular complexity index is 1160. The zero-order valence-electron chi connectivity index (χ0n) is 18.7. The Kier molecular flexibility index (Phi) is 7.68. The van der Waals surface area contributed by atoms with Crippen LogP contribution in [0.25, 0.3) is 0 Å². The molecule has 0 aliphatic heterocycles. The zero-order valence-corrected chi connectivity index (χ0v) is 22.4. The maximum atomic E-state index is 12.7. The molecule has 4 aromatic rings. The summed E-state index contributed by atoms with van der Waals surface area (Å²) in [5.41, 5.74) is 1.02. The normalized spacial score (nSPS) is 11.9. The molecule has 0 bridgehead atoms. The van der Waals surface area contributed by atoms with Gasteiger partial charge in [-0.1, -0.05) is 0 Å². The molecule has 0 spiro atoms. The molecule has 0 unspecified atom stereocenters. The molecule has 0 saturated carbocycles. The average Bonchev–Trinajstić information content (AvgIpc) is 2.86. The van der Waals surface area contributed by atoms with Crippen LogP contribution in [0.3, 0.4) is 0 Å². The van der Waals surface area contributed by atoms with Crippen molar-refractivity contribution in [2.45, 2.75) is 22.7 Å². The predicted molar refractivity (Wildman–Crippen MR) is 138 cm³/mol. The molecule has 4 rings (SSSR count). The molecule has 4 aromatic carbocycles. The van der Waals surface area contributed by atoms with E-state index in [4.69, 9.17) is 4.18 Å². The maximum absolute atomic E-state index is 12.7. The third-order valence-corrected chi connectivity index (χ3v) is 21.8. The Balaban J connectivity index is 1.64. The first-order chi connectivity index (χ1) is 16.0. The van der Waals surface area contributed by atoms with Crippen molar-refractivity contribution < 1.29 is 12.6 Å². The van der Waals surface area contributed by atoms with E-state index >= 15 is 0 Å². The molecular weight excluding hydrogens is 535 g/mol. The van der Waals surface area contributed by atoms with Crippen LogP contribution in [0.1, 0.15) is 12.0 Å². The second kappa shape index (κ2) is 10.7. The van der Waals surface area contributed by atoms with E-state index in [9.17, 15) is 8.42 Å². The SMILES string of the molecule is Cc1ccc(S(=O)(=O)OCC[CH2][Sn]([c]2ccccc2)([c]2ccccc2)[c]2ccccc2)cc1. The summed E-state index contributed by atoms with van der Waals surface area (Å²) in [6.07, 6.45) is 0.667. The van der Waals surface area contributed by atoms with Crippen LogP contribution in [0.5, 0.6) is 0 Å². The first-order valence-corrected chi connectivity index (χ1v) is 18.9. The molecule has 0 heterocycles. The van der Waals surface area contributed by atoms with Crippen LogP contribution in [0.4, 0.5) is 0 Å². The van der Waals surface area contributed by atoms with Crippen molar-refractivity contribution >= 4 is 39.2 Å². The van der Waals surface area contributed by atoms with Gasteiger partial charge in [0.2, 0.25) is 0 Å². The van der Waals surface area contributed by atoms with Gasteiger partial charge in [0, 0.05) is 0 Å².